The fourth-order valence-corrected chi connectivity index (χ4v) is 4.39. The lowest BCUT2D eigenvalue weighted by atomic mass is 10.1. The Labute approximate surface area is 179 Å². The summed E-state index contributed by atoms with van der Waals surface area (Å²) in [6, 6.07) is -0.383. The average Bonchev–Trinajstić information content (AvgIpc) is 3.56. The Morgan fingerprint density at radius 1 is 1.34 bits per heavy atom. The van der Waals surface area contributed by atoms with Crippen molar-refractivity contribution in [1.82, 2.24) is 10.2 Å². The summed E-state index contributed by atoms with van der Waals surface area (Å²) in [6.07, 6.45) is 14.1. The Balaban J connectivity index is 1.57. The average molecular weight is 422 g/mol. The maximum absolute atomic E-state index is 12.9. The summed E-state index contributed by atoms with van der Waals surface area (Å²) in [6.45, 7) is 6.48. The molecule has 3 aliphatic rings. The minimum atomic E-state index is -0.383. The van der Waals surface area contributed by atoms with Gasteiger partial charge >= 0.3 is 0 Å². The van der Waals surface area contributed by atoms with Crippen LogP contribution in [0.5, 0.6) is 0 Å². The minimum Gasteiger partial charge on any atom is -0.331 e. The van der Waals surface area contributed by atoms with E-state index < -0.39 is 0 Å². The molecule has 0 aromatic carbocycles. The summed E-state index contributed by atoms with van der Waals surface area (Å²) in [5.41, 5.74) is -0.0672. The van der Waals surface area contributed by atoms with Gasteiger partial charge in [-0.2, -0.15) is 4.40 Å². The number of amides is 2. The van der Waals surface area contributed by atoms with E-state index in [1.807, 2.05) is 0 Å². The van der Waals surface area contributed by atoms with E-state index in [-0.39, 0.29) is 29.4 Å². The lowest BCUT2D eigenvalue weighted by molar-refractivity contribution is -0.136. The number of rotatable bonds is 10. The number of nitrogens with zero attached hydrogens (tertiary/aromatic N) is 2. The van der Waals surface area contributed by atoms with Crippen LogP contribution >= 0.6 is 12.2 Å². The maximum atomic E-state index is 12.9. The molecule has 0 bridgehead atoms. The molecule has 1 N–H and O–H groups in total. The SMILES string of the molecule is CCCCC/C=C\[C@@H]1C[C@@H]1/C(=N/SOC1(C)CC1)NC(=O)[C@@H]1CCCN1C(C)=O. The second kappa shape index (κ2) is 10.1. The Morgan fingerprint density at radius 3 is 2.83 bits per heavy atom. The summed E-state index contributed by atoms with van der Waals surface area (Å²) in [5, 5.41) is 3.04. The number of unbranched alkanes of at least 4 members (excludes halogenated alkanes) is 3. The van der Waals surface area contributed by atoms with Gasteiger partial charge in [-0.3, -0.25) is 13.8 Å². The molecule has 6 nitrogen and oxygen atoms in total. The van der Waals surface area contributed by atoms with Gasteiger partial charge in [-0.25, -0.2) is 0 Å². The molecule has 3 fully saturated rings. The topological polar surface area (TPSA) is 71.0 Å². The molecule has 1 heterocycles. The van der Waals surface area contributed by atoms with Gasteiger partial charge in [0.1, 0.15) is 24.1 Å². The van der Waals surface area contributed by atoms with Gasteiger partial charge in [0.05, 0.1) is 5.60 Å². The molecular weight excluding hydrogens is 386 g/mol. The van der Waals surface area contributed by atoms with Crippen molar-refractivity contribution in [3.05, 3.63) is 12.2 Å². The standard InChI is InChI=1S/C22H35N3O3S/c1-4-5-6-7-8-10-17-15-18(17)20(24-29-28-22(3)12-13-22)23-21(27)19-11-9-14-25(19)16(2)26/h8,10,17-19H,4-7,9,11-15H2,1-3H3,(H,23,24,27)/b10-8-/t17-,18+,19+/m1/s1. The lowest BCUT2D eigenvalue weighted by Crippen LogP contribution is -2.47. The number of carbonyl (C=O) groups is 2. The fraction of sp³-hybridized carbons (Fsp3) is 0.773. The number of likely N-dealkylation sites (tertiary alicyclic amines) is 1. The van der Waals surface area contributed by atoms with Crippen molar-refractivity contribution >= 4 is 29.9 Å². The summed E-state index contributed by atoms with van der Waals surface area (Å²) in [5.74, 6) is 1.20. The minimum absolute atomic E-state index is 0.0418. The van der Waals surface area contributed by atoms with Crippen molar-refractivity contribution in [2.45, 2.75) is 90.2 Å². The molecule has 162 valence electrons. The van der Waals surface area contributed by atoms with Gasteiger partial charge in [-0.1, -0.05) is 31.9 Å². The highest BCUT2D eigenvalue weighted by atomic mass is 32.2. The summed E-state index contributed by atoms with van der Waals surface area (Å²) in [4.78, 5) is 26.3. The Bertz CT molecular complexity index is 660. The van der Waals surface area contributed by atoms with E-state index in [0.717, 1.165) is 44.3 Å². The maximum Gasteiger partial charge on any atom is 0.248 e. The molecule has 0 aromatic heterocycles. The fourth-order valence-electron chi connectivity index (χ4n) is 3.74. The predicted molar refractivity (Wildman–Crippen MR) is 117 cm³/mol. The molecule has 1 saturated heterocycles. The van der Waals surface area contributed by atoms with Crippen LogP contribution in [0.4, 0.5) is 0 Å². The highest BCUT2D eigenvalue weighted by Gasteiger charge is 2.43. The highest BCUT2D eigenvalue weighted by molar-refractivity contribution is 7.93. The quantitative estimate of drug-likeness (QED) is 0.142. The van der Waals surface area contributed by atoms with Crippen molar-refractivity contribution in [1.29, 1.82) is 0 Å². The molecule has 29 heavy (non-hydrogen) atoms. The molecule has 2 saturated carbocycles. The first-order valence-corrected chi connectivity index (χ1v) is 11.8. The summed E-state index contributed by atoms with van der Waals surface area (Å²) < 4.78 is 10.3. The molecular formula is C22H35N3O3S. The largest absolute Gasteiger partial charge is 0.331 e. The zero-order valence-corrected chi connectivity index (χ0v) is 18.8. The third-order valence-electron chi connectivity index (χ3n) is 6.09. The summed E-state index contributed by atoms with van der Waals surface area (Å²) in [7, 11) is 0. The van der Waals surface area contributed by atoms with Crippen molar-refractivity contribution < 1.29 is 13.8 Å². The van der Waals surface area contributed by atoms with E-state index in [0.29, 0.717) is 24.7 Å². The Kier molecular flexibility index (Phi) is 7.79. The zero-order chi connectivity index (χ0) is 20.9. The number of hydrogen-bond acceptors (Lipinski definition) is 5. The van der Waals surface area contributed by atoms with E-state index in [9.17, 15) is 9.59 Å². The first-order valence-electron chi connectivity index (χ1n) is 11.1. The first kappa shape index (κ1) is 22.3. The van der Waals surface area contributed by atoms with Crippen LogP contribution in [0.25, 0.3) is 0 Å². The van der Waals surface area contributed by atoms with E-state index in [2.05, 4.69) is 35.7 Å². The molecule has 3 rings (SSSR count). The van der Waals surface area contributed by atoms with Crippen LogP contribution < -0.4 is 5.32 Å². The molecule has 7 heteroatoms. The van der Waals surface area contributed by atoms with E-state index in [1.54, 1.807) is 4.90 Å². The zero-order valence-electron chi connectivity index (χ0n) is 18.0. The van der Waals surface area contributed by atoms with Gasteiger partial charge in [0, 0.05) is 19.4 Å². The van der Waals surface area contributed by atoms with E-state index in [1.165, 1.54) is 26.2 Å². The number of carbonyl (C=O) groups excluding carboxylic acids is 2. The van der Waals surface area contributed by atoms with Crippen molar-refractivity contribution in [2.24, 2.45) is 16.2 Å². The molecule has 0 aromatic rings. The van der Waals surface area contributed by atoms with Crippen LogP contribution in [0, 0.1) is 11.8 Å². The molecule has 0 spiro atoms. The van der Waals surface area contributed by atoms with Crippen LogP contribution in [-0.4, -0.2) is 40.7 Å². The van der Waals surface area contributed by atoms with Gasteiger partial charge < -0.3 is 10.2 Å². The van der Waals surface area contributed by atoms with Crippen molar-refractivity contribution in [3.63, 3.8) is 0 Å². The monoisotopic (exact) mass is 421 g/mol. The summed E-state index contributed by atoms with van der Waals surface area (Å²) >= 11 is 1.10. The molecule has 0 unspecified atom stereocenters. The Hall–Kier alpha value is -1.34. The first-order chi connectivity index (χ1) is 13.9. The lowest BCUT2D eigenvalue weighted by Gasteiger charge is -2.22. The molecule has 2 aliphatic carbocycles. The normalized spacial score (nSPS) is 28.0. The van der Waals surface area contributed by atoms with Crippen molar-refractivity contribution in [3.8, 4) is 0 Å². The van der Waals surface area contributed by atoms with Gasteiger partial charge in [-0.05, 0) is 57.8 Å². The molecule has 1 aliphatic heterocycles. The van der Waals surface area contributed by atoms with Crippen LogP contribution in [0.2, 0.25) is 0 Å². The highest BCUT2D eigenvalue weighted by Crippen LogP contribution is 2.44. The van der Waals surface area contributed by atoms with Crippen LogP contribution in [0.15, 0.2) is 16.5 Å². The van der Waals surface area contributed by atoms with Gasteiger partial charge in [0.25, 0.3) is 0 Å². The second-order valence-corrected chi connectivity index (χ2v) is 9.37. The number of allylic oxidation sites excluding steroid dienone is 2. The Morgan fingerprint density at radius 2 is 2.14 bits per heavy atom. The third-order valence-corrected chi connectivity index (χ3v) is 6.84. The van der Waals surface area contributed by atoms with Crippen LogP contribution in [-0.2, 0) is 13.8 Å². The van der Waals surface area contributed by atoms with Gasteiger partial charge in [0.2, 0.25) is 11.8 Å². The van der Waals surface area contributed by atoms with E-state index >= 15 is 0 Å². The molecule has 3 atom stereocenters. The van der Waals surface area contributed by atoms with Gasteiger partial charge in [0.15, 0.2) is 0 Å². The predicted octanol–water partition coefficient (Wildman–Crippen LogP) is 4.42. The van der Waals surface area contributed by atoms with Crippen LogP contribution in [0.1, 0.15) is 78.6 Å². The van der Waals surface area contributed by atoms with Gasteiger partial charge in [-0.15, -0.1) is 0 Å². The smallest absolute Gasteiger partial charge is 0.248 e. The molecule has 0 radical (unpaired) electrons. The van der Waals surface area contributed by atoms with Crippen LogP contribution in [0.3, 0.4) is 0 Å². The molecule has 2 amide bonds. The number of amidine groups is 1. The van der Waals surface area contributed by atoms with Crippen molar-refractivity contribution in [2.75, 3.05) is 6.54 Å². The number of nitrogens with one attached hydrogen (secondary N) is 1. The van der Waals surface area contributed by atoms with E-state index in [4.69, 9.17) is 4.18 Å². The second-order valence-electron chi connectivity index (χ2n) is 8.87. The number of hydrogen-bond donors (Lipinski definition) is 1. The third kappa shape index (κ3) is 6.57.